The van der Waals surface area contributed by atoms with Crippen molar-refractivity contribution in [2.75, 3.05) is 6.54 Å². The van der Waals surface area contributed by atoms with Gasteiger partial charge in [-0.1, -0.05) is 60.7 Å². The maximum atomic E-state index is 6.08. The van der Waals surface area contributed by atoms with Crippen molar-refractivity contribution in [3.63, 3.8) is 0 Å². The normalized spacial score (nSPS) is 15.8. The molecule has 2 heteroatoms. The van der Waals surface area contributed by atoms with E-state index in [-0.39, 0.29) is 0 Å². The van der Waals surface area contributed by atoms with Crippen LogP contribution in [0.4, 0.5) is 0 Å². The first-order chi connectivity index (χ1) is 13.8. The Hall–Kier alpha value is -2.58. The van der Waals surface area contributed by atoms with E-state index in [1.165, 1.54) is 47.1 Å². The van der Waals surface area contributed by atoms with Crippen LogP contribution in [0.2, 0.25) is 0 Å². The van der Waals surface area contributed by atoms with Gasteiger partial charge in [0, 0.05) is 0 Å². The maximum absolute atomic E-state index is 6.08. The fourth-order valence-corrected chi connectivity index (χ4v) is 4.14. The predicted molar refractivity (Wildman–Crippen MR) is 116 cm³/mol. The molecule has 3 aromatic rings. The maximum Gasteiger partial charge on any atom is 0.120 e. The molecule has 0 aliphatic heterocycles. The highest BCUT2D eigenvalue weighted by Crippen LogP contribution is 2.31. The number of benzene rings is 3. The fraction of sp³-hybridized carbons (Fsp3) is 0.308. The zero-order valence-corrected chi connectivity index (χ0v) is 16.4. The number of rotatable bonds is 7. The molecule has 1 atom stereocenters. The minimum Gasteiger partial charge on any atom is -0.489 e. The third-order valence-corrected chi connectivity index (χ3v) is 5.79. The third kappa shape index (κ3) is 4.63. The Morgan fingerprint density at radius 2 is 1.64 bits per heavy atom. The van der Waals surface area contributed by atoms with Gasteiger partial charge in [0.25, 0.3) is 0 Å². The Morgan fingerprint density at radius 1 is 0.857 bits per heavy atom. The molecular weight excluding hydrogens is 342 g/mol. The minimum absolute atomic E-state index is 0.604. The van der Waals surface area contributed by atoms with E-state index in [4.69, 9.17) is 10.5 Å². The van der Waals surface area contributed by atoms with Crippen LogP contribution in [0.1, 0.15) is 36.0 Å². The molecule has 2 N–H and O–H groups in total. The highest BCUT2D eigenvalue weighted by atomic mass is 16.5. The summed E-state index contributed by atoms with van der Waals surface area (Å²) in [5.41, 5.74) is 12.3. The van der Waals surface area contributed by atoms with Crippen LogP contribution in [-0.4, -0.2) is 6.54 Å². The molecule has 1 aliphatic carbocycles. The van der Waals surface area contributed by atoms with Crippen LogP contribution in [0.25, 0.3) is 11.1 Å². The van der Waals surface area contributed by atoms with Crippen molar-refractivity contribution in [1.29, 1.82) is 0 Å². The van der Waals surface area contributed by atoms with E-state index in [0.717, 1.165) is 31.1 Å². The summed E-state index contributed by atoms with van der Waals surface area (Å²) in [6, 6.07) is 25.7. The van der Waals surface area contributed by atoms with Crippen LogP contribution < -0.4 is 10.5 Å². The Morgan fingerprint density at radius 3 is 2.43 bits per heavy atom. The van der Waals surface area contributed by atoms with E-state index < -0.39 is 0 Å². The van der Waals surface area contributed by atoms with Crippen molar-refractivity contribution in [3.8, 4) is 16.9 Å². The van der Waals surface area contributed by atoms with Gasteiger partial charge in [-0.05, 0) is 84.5 Å². The standard InChI is InChI=1S/C26H29NO/c27-16-4-5-20-8-13-25-18-26(15-14-24(25)17-20)28-19-21-9-11-23(12-10-21)22-6-2-1-3-7-22/h1-3,6-7,9-12,14-15,18,20H,4-5,8,13,16-17,19,27H2. The lowest BCUT2D eigenvalue weighted by Gasteiger charge is -2.25. The number of fused-ring (bicyclic) bond motifs is 1. The molecule has 0 bridgehead atoms. The van der Waals surface area contributed by atoms with E-state index in [9.17, 15) is 0 Å². The average Bonchev–Trinajstić information content (AvgIpc) is 2.77. The molecule has 3 aromatic carbocycles. The van der Waals surface area contributed by atoms with Gasteiger partial charge in [-0.3, -0.25) is 0 Å². The molecule has 1 aliphatic rings. The van der Waals surface area contributed by atoms with Gasteiger partial charge in [-0.25, -0.2) is 0 Å². The molecule has 0 fully saturated rings. The van der Waals surface area contributed by atoms with E-state index in [1.54, 1.807) is 0 Å². The predicted octanol–water partition coefficient (Wildman–Crippen LogP) is 5.78. The van der Waals surface area contributed by atoms with Gasteiger partial charge in [-0.15, -0.1) is 0 Å². The number of hydrogen-bond acceptors (Lipinski definition) is 2. The second kappa shape index (κ2) is 9.07. The van der Waals surface area contributed by atoms with Crippen LogP contribution >= 0.6 is 0 Å². The van der Waals surface area contributed by atoms with Crippen molar-refractivity contribution < 1.29 is 4.74 Å². The first kappa shape index (κ1) is 18.8. The van der Waals surface area contributed by atoms with Crippen LogP contribution in [0.3, 0.4) is 0 Å². The molecular formula is C26H29NO. The van der Waals surface area contributed by atoms with E-state index in [1.807, 2.05) is 6.07 Å². The highest BCUT2D eigenvalue weighted by Gasteiger charge is 2.18. The van der Waals surface area contributed by atoms with Crippen molar-refractivity contribution in [3.05, 3.63) is 89.5 Å². The largest absolute Gasteiger partial charge is 0.489 e. The van der Waals surface area contributed by atoms with Crippen LogP contribution in [0.15, 0.2) is 72.8 Å². The molecule has 1 unspecified atom stereocenters. The molecule has 0 saturated heterocycles. The zero-order valence-electron chi connectivity index (χ0n) is 16.4. The van der Waals surface area contributed by atoms with E-state index in [0.29, 0.717) is 6.61 Å². The van der Waals surface area contributed by atoms with Crippen molar-refractivity contribution in [1.82, 2.24) is 0 Å². The van der Waals surface area contributed by atoms with Crippen molar-refractivity contribution in [2.24, 2.45) is 11.7 Å². The van der Waals surface area contributed by atoms with Gasteiger partial charge in [0.05, 0.1) is 0 Å². The molecule has 28 heavy (non-hydrogen) atoms. The smallest absolute Gasteiger partial charge is 0.120 e. The summed E-state index contributed by atoms with van der Waals surface area (Å²) < 4.78 is 6.08. The summed E-state index contributed by atoms with van der Waals surface area (Å²) in [5, 5.41) is 0. The number of hydrogen-bond donors (Lipinski definition) is 1. The summed E-state index contributed by atoms with van der Waals surface area (Å²) in [6.07, 6.45) is 6.03. The third-order valence-electron chi connectivity index (χ3n) is 5.79. The molecule has 4 rings (SSSR count). The Kier molecular flexibility index (Phi) is 6.08. The molecule has 0 radical (unpaired) electrons. The van der Waals surface area contributed by atoms with Gasteiger partial charge in [-0.2, -0.15) is 0 Å². The van der Waals surface area contributed by atoms with Crippen molar-refractivity contribution in [2.45, 2.75) is 38.7 Å². The first-order valence-electron chi connectivity index (χ1n) is 10.4. The number of aryl methyl sites for hydroxylation is 1. The minimum atomic E-state index is 0.604. The van der Waals surface area contributed by atoms with Crippen LogP contribution in [-0.2, 0) is 19.4 Å². The van der Waals surface area contributed by atoms with Gasteiger partial charge >= 0.3 is 0 Å². The average molecular weight is 372 g/mol. The summed E-state index contributed by atoms with van der Waals surface area (Å²) in [5.74, 6) is 1.78. The summed E-state index contributed by atoms with van der Waals surface area (Å²) >= 11 is 0. The molecule has 0 spiro atoms. The molecule has 144 valence electrons. The van der Waals surface area contributed by atoms with Gasteiger partial charge in [0.1, 0.15) is 12.4 Å². The topological polar surface area (TPSA) is 35.2 Å². The van der Waals surface area contributed by atoms with Gasteiger partial charge < -0.3 is 10.5 Å². The molecule has 0 aromatic heterocycles. The lowest BCUT2D eigenvalue weighted by atomic mass is 9.81. The Balaban J connectivity index is 1.35. The molecule has 0 amide bonds. The summed E-state index contributed by atoms with van der Waals surface area (Å²) in [6.45, 7) is 1.41. The van der Waals surface area contributed by atoms with Crippen LogP contribution in [0.5, 0.6) is 5.75 Å². The number of ether oxygens (including phenoxy) is 1. The van der Waals surface area contributed by atoms with E-state index in [2.05, 4.69) is 66.7 Å². The highest BCUT2D eigenvalue weighted by molar-refractivity contribution is 5.63. The molecule has 0 heterocycles. The Bertz CT molecular complexity index is 886. The van der Waals surface area contributed by atoms with Crippen LogP contribution in [0, 0.1) is 5.92 Å². The monoisotopic (exact) mass is 371 g/mol. The van der Waals surface area contributed by atoms with E-state index >= 15 is 0 Å². The lowest BCUT2D eigenvalue weighted by Crippen LogP contribution is -2.15. The van der Waals surface area contributed by atoms with Crippen molar-refractivity contribution >= 4 is 0 Å². The summed E-state index contributed by atoms with van der Waals surface area (Å²) in [7, 11) is 0. The number of nitrogens with two attached hydrogens (primary N) is 1. The van der Waals surface area contributed by atoms with Gasteiger partial charge in [0.2, 0.25) is 0 Å². The zero-order chi connectivity index (χ0) is 19.2. The Labute approximate surface area is 168 Å². The molecule has 2 nitrogen and oxygen atoms in total. The quantitative estimate of drug-likeness (QED) is 0.572. The summed E-state index contributed by atoms with van der Waals surface area (Å²) in [4.78, 5) is 0. The first-order valence-corrected chi connectivity index (χ1v) is 10.4. The SMILES string of the molecule is NCCCC1CCc2cc(OCc3ccc(-c4ccccc4)cc3)ccc2C1. The lowest BCUT2D eigenvalue weighted by molar-refractivity contribution is 0.305. The second-order valence-corrected chi connectivity index (χ2v) is 7.82. The fourth-order valence-electron chi connectivity index (χ4n) is 4.14. The molecule has 0 saturated carbocycles. The van der Waals surface area contributed by atoms with Gasteiger partial charge in [0.15, 0.2) is 0 Å². The second-order valence-electron chi connectivity index (χ2n) is 7.82.